The van der Waals surface area contributed by atoms with Gasteiger partial charge in [0.1, 0.15) is 0 Å². The van der Waals surface area contributed by atoms with Crippen molar-refractivity contribution in [3.05, 3.63) is 36.0 Å². The highest BCUT2D eigenvalue weighted by atomic mass is 32.2. The number of rotatable bonds is 7. The number of para-hydroxylation sites is 1. The molecule has 1 aromatic carbocycles. The Morgan fingerprint density at radius 3 is 2.59 bits per heavy atom. The lowest BCUT2D eigenvalue weighted by Crippen LogP contribution is -2.50. The molecular weight excluding hydrogens is 465 g/mol. The smallest absolute Gasteiger partial charge is 0.361 e. The molecule has 1 aromatic heterocycles. The van der Waals surface area contributed by atoms with Gasteiger partial charge in [0.2, 0.25) is 0 Å². The Hall–Kier alpha value is -2.53. The molecule has 1 unspecified atom stereocenters. The van der Waals surface area contributed by atoms with E-state index < -0.39 is 18.6 Å². The van der Waals surface area contributed by atoms with Crippen LogP contribution in [0.3, 0.4) is 0 Å². The second kappa shape index (κ2) is 11.7. The fraction of sp³-hybridized carbons (Fsp3) is 0.522. The number of benzene rings is 1. The zero-order valence-electron chi connectivity index (χ0n) is 19.2. The van der Waals surface area contributed by atoms with Crippen LogP contribution in [0.5, 0.6) is 0 Å². The first-order chi connectivity index (χ1) is 16.2. The van der Waals surface area contributed by atoms with Gasteiger partial charge in [0.05, 0.1) is 6.54 Å². The van der Waals surface area contributed by atoms with Gasteiger partial charge in [-0.15, -0.1) is 0 Å². The van der Waals surface area contributed by atoms with Crippen LogP contribution in [0.2, 0.25) is 0 Å². The zero-order chi connectivity index (χ0) is 24.7. The lowest BCUT2D eigenvalue weighted by Gasteiger charge is -2.35. The summed E-state index contributed by atoms with van der Waals surface area (Å²) in [5.41, 5.74) is 2.13. The van der Waals surface area contributed by atoms with E-state index >= 15 is 0 Å². The number of alkyl halides is 3. The summed E-state index contributed by atoms with van der Waals surface area (Å²) >= 11 is 0.739. The summed E-state index contributed by atoms with van der Waals surface area (Å²) in [4.78, 5) is 18.9. The Kier molecular flexibility index (Phi) is 9.01. The third-order valence-corrected chi connectivity index (χ3v) is 6.69. The number of fused-ring (bicyclic) bond motifs is 1. The third kappa shape index (κ3) is 7.49. The lowest BCUT2D eigenvalue weighted by molar-refractivity contribution is -0.148. The summed E-state index contributed by atoms with van der Waals surface area (Å²) in [6.07, 6.45) is 1.03. The Morgan fingerprint density at radius 2 is 1.91 bits per heavy atom. The van der Waals surface area contributed by atoms with Crippen LogP contribution in [-0.4, -0.2) is 75.8 Å². The van der Waals surface area contributed by atoms with Crippen molar-refractivity contribution >= 4 is 38.8 Å². The number of amidine groups is 1. The molecular formula is C23H31F3N6OS. The van der Waals surface area contributed by atoms with Crippen LogP contribution in [0.4, 0.5) is 13.2 Å². The molecule has 4 N–H and O–H groups in total. The van der Waals surface area contributed by atoms with Crippen molar-refractivity contribution in [3.8, 4) is 0 Å². The van der Waals surface area contributed by atoms with Gasteiger partial charge in [-0.05, 0) is 36.2 Å². The molecule has 7 nitrogen and oxygen atoms in total. The SMILES string of the molecule is CCCCC(Cc1c[nH]c2ccccc12)NC(=O)C(=N)SC(=N)N1CCN(CC(F)(F)F)CC1. The van der Waals surface area contributed by atoms with Crippen LogP contribution in [0.15, 0.2) is 30.5 Å². The Morgan fingerprint density at radius 1 is 1.21 bits per heavy atom. The lowest BCUT2D eigenvalue weighted by atomic mass is 10.0. The van der Waals surface area contributed by atoms with E-state index in [1.54, 1.807) is 4.90 Å². The quantitative estimate of drug-likeness (QED) is 0.341. The molecule has 1 aliphatic heterocycles. The summed E-state index contributed by atoms with van der Waals surface area (Å²) < 4.78 is 37.7. The standard InChI is InChI=1S/C23H31F3N6OS/c1-2-3-6-17(13-16-14-29-19-8-5-4-7-18(16)19)30-21(33)20(27)34-22(28)32-11-9-31(10-12-32)15-23(24,25)26/h4-5,7-8,14,17,27-29H,2-3,6,9-13,15H2,1H3,(H,30,33). The minimum atomic E-state index is -4.24. The largest absolute Gasteiger partial charge is 0.401 e. The molecule has 1 atom stereocenters. The number of unbranched alkanes of at least 4 members (excludes halogenated alkanes) is 1. The van der Waals surface area contributed by atoms with Crippen molar-refractivity contribution in [1.82, 2.24) is 20.1 Å². The predicted octanol–water partition coefficient (Wildman–Crippen LogP) is 4.21. The maximum absolute atomic E-state index is 12.7. The molecule has 34 heavy (non-hydrogen) atoms. The van der Waals surface area contributed by atoms with E-state index in [0.29, 0.717) is 6.42 Å². The minimum Gasteiger partial charge on any atom is -0.361 e. The minimum absolute atomic E-state index is 0.00791. The van der Waals surface area contributed by atoms with E-state index in [1.807, 2.05) is 30.5 Å². The molecule has 0 saturated carbocycles. The predicted molar refractivity (Wildman–Crippen MR) is 131 cm³/mol. The highest BCUT2D eigenvalue weighted by Crippen LogP contribution is 2.21. The van der Waals surface area contributed by atoms with Crippen molar-refractivity contribution in [2.24, 2.45) is 0 Å². The molecule has 0 aliphatic carbocycles. The first-order valence-electron chi connectivity index (χ1n) is 11.4. The van der Waals surface area contributed by atoms with Crippen LogP contribution in [0.1, 0.15) is 31.7 Å². The third-order valence-electron chi connectivity index (χ3n) is 5.85. The molecule has 0 bridgehead atoms. The number of hydrogen-bond acceptors (Lipinski definition) is 5. The molecule has 1 aliphatic rings. The Balaban J connectivity index is 1.52. The number of aromatic nitrogens is 1. The van der Waals surface area contributed by atoms with Gasteiger partial charge >= 0.3 is 6.18 Å². The fourth-order valence-corrected chi connectivity index (χ4v) is 4.72. The number of thioether (sulfide) groups is 1. The second-order valence-corrected chi connectivity index (χ2v) is 9.49. The van der Waals surface area contributed by atoms with E-state index in [0.717, 1.165) is 47.5 Å². The van der Waals surface area contributed by atoms with Crippen LogP contribution in [-0.2, 0) is 11.2 Å². The van der Waals surface area contributed by atoms with Crippen LogP contribution in [0, 0.1) is 10.8 Å². The Labute approximate surface area is 201 Å². The van der Waals surface area contributed by atoms with Crippen molar-refractivity contribution in [2.45, 2.75) is 44.8 Å². The first-order valence-corrected chi connectivity index (χ1v) is 12.2. The number of halogens is 3. The fourth-order valence-electron chi connectivity index (χ4n) is 4.06. The number of aromatic amines is 1. The topological polar surface area (TPSA) is 99.1 Å². The molecule has 186 valence electrons. The number of amides is 1. The molecule has 2 heterocycles. The summed E-state index contributed by atoms with van der Waals surface area (Å²) in [7, 11) is 0. The average Bonchev–Trinajstić information content (AvgIpc) is 3.19. The first kappa shape index (κ1) is 26.1. The molecule has 1 saturated heterocycles. The number of nitrogens with zero attached hydrogens (tertiary/aromatic N) is 2. The van der Waals surface area contributed by atoms with Gasteiger partial charge < -0.3 is 15.2 Å². The highest BCUT2D eigenvalue weighted by Gasteiger charge is 2.32. The van der Waals surface area contributed by atoms with Gasteiger partial charge in [-0.2, -0.15) is 13.2 Å². The number of H-pyrrole nitrogens is 1. The van der Waals surface area contributed by atoms with Crippen molar-refractivity contribution in [1.29, 1.82) is 10.8 Å². The monoisotopic (exact) mass is 496 g/mol. The van der Waals surface area contributed by atoms with Crippen molar-refractivity contribution in [2.75, 3.05) is 32.7 Å². The number of hydrogen-bond donors (Lipinski definition) is 4. The summed E-state index contributed by atoms with van der Waals surface area (Å²) in [6, 6.07) is 7.82. The number of carbonyl (C=O) groups is 1. The van der Waals surface area contributed by atoms with Gasteiger partial charge in [0.25, 0.3) is 5.91 Å². The highest BCUT2D eigenvalue weighted by molar-refractivity contribution is 8.27. The number of nitrogens with one attached hydrogen (secondary N) is 4. The number of piperazine rings is 1. The summed E-state index contributed by atoms with van der Waals surface area (Å²) in [5.74, 6) is -0.536. The molecule has 3 rings (SSSR count). The molecule has 11 heteroatoms. The maximum atomic E-state index is 12.7. The van der Waals surface area contributed by atoms with Crippen molar-refractivity contribution in [3.63, 3.8) is 0 Å². The zero-order valence-corrected chi connectivity index (χ0v) is 20.0. The van der Waals surface area contributed by atoms with E-state index in [9.17, 15) is 18.0 Å². The molecule has 1 fully saturated rings. The van der Waals surface area contributed by atoms with E-state index in [2.05, 4.69) is 17.2 Å². The maximum Gasteiger partial charge on any atom is 0.401 e. The van der Waals surface area contributed by atoms with E-state index in [1.165, 1.54) is 4.90 Å². The van der Waals surface area contributed by atoms with Gasteiger partial charge in [-0.3, -0.25) is 20.5 Å². The van der Waals surface area contributed by atoms with Crippen LogP contribution in [0.25, 0.3) is 10.9 Å². The van der Waals surface area contributed by atoms with E-state index in [-0.39, 0.29) is 42.4 Å². The van der Waals surface area contributed by atoms with E-state index in [4.69, 9.17) is 10.8 Å². The molecule has 0 spiro atoms. The van der Waals surface area contributed by atoms with Gasteiger partial charge in [0.15, 0.2) is 10.2 Å². The van der Waals surface area contributed by atoms with Gasteiger partial charge in [0, 0.05) is 49.3 Å². The van der Waals surface area contributed by atoms with Crippen LogP contribution < -0.4 is 5.32 Å². The normalized spacial score (nSPS) is 15.9. The number of carbonyl (C=O) groups excluding carboxylic acids is 1. The van der Waals surface area contributed by atoms with Crippen molar-refractivity contribution < 1.29 is 18.0 Å². The molecule has 0 radical (unpaired) electrons. The van der Waals surface area contributed by atoms with Crippen LogP contribution >= 0.6 is 11.8 Å². The second-order valence-electron chi connectivity index (χ2n) is 8.49. The Bertz CT molecular complexity index is 1000. The summed E-state index contributed by atoms with van der Waals surface area (Å²) in [5, 5.41) is 20.2. The summed E-state index contributed by atoms with van der Waals surface area (Å²) in [6.45, 7) is 2.01. The molecule has 2 aromatic rings. The average molecular weight is 497 g/mol. The van der Waals surface area contributed by atoms with Gasteiger partial charge in [-0.1, -0.05) is 38.0 Å². The molecule has 1 amide bonds. The van der Waals surface area contributed by atoms with Gasteiger partial charge in [-0.25, -0.2) is 0 Å².